The maximum Gasteiger partial charge on any atom is 0.326 e. The molecule has 0 aromatic carbocycles. The van der Waals surface area contributed by atoms with Crippen LogP contribution in [-0.2, 0) is 28.8 Å². The van der Waals surface area contributed by atoms with Gasteiger partial charge in [0.15, 0.2) is 0 Å². The van der Waals surface area contributed by atoms with E-state index in [2.05, 4.69) is 10.6 Å². The van der Waals surface area contributed by atoms with E-state index in [1.54, 1.807) is 0 Å². The van der Waals surface area contributed by atoms with E-state index in [0.717, 1.165) is 4.90 Å². The van der Waals surface area contributed by atoms with Gasteiger partial charge < -0.3 is 37.2 Å². The van der Waals surface area contributed by atoms with Crippen molar-refractivity contribution in [1.82, 2.24) is 15.5 Å². The molecule has 13 heteroatoms. The molecule has 4 amide bonds. The first-order valence-corrected chi connectivity index (χ1v) is 10.7. The number of rotatable bonds is 13. The predicted octanol–water partition coefficient (Wildman–Crippen LogP) is -1.85. The number of hydrogen-bond acceptors (Lipinski definition) is 7. The molecule has 0 aliphatic carbocycles. The van der Waals surface area contributed by atoms with Gasteiger partial charge in [0.25, 0.3) is 0 Å². The number of carbonyl (C=O) groups is 6. The molecule has 0 aromatic heterocycles. The molecule has 13 nitrogen and oxygen atoms in total. The standard InChI is InChI=1S/C20H33N5O8/c1-10(2)8-11(21)17(29)24-13(9-16(27)28)19(31)25-7-3-4-14(25)18(30)23-12(20(32)33)5-6-15(22)26/h10-14H,3-9,21H2,1-2H3,(H2,22,26)(H,23,30)(H,24,29)(H,27,28)(H,32,33). The molecule has 4 unspecified atom stereocenters. The van der Waals surface area contributed by atoms with Gasteiger partial charge in [0.1, 0.15) is 18.1 Å². The first-order chi connectivity index (χ1) is 15.3. The molecule has 186 valence electrons. The molecule has 0 bridgehead atoms. The number of primary amides is 1. The van der Waals surface area contributed by atoms with Crippen molar-refractivity contribution in [3.8, 4) is 0 Å². The Labute approximate surface area is 191 Å². The number of likely N-dealkylation sites (tertiary alicyclic amines) is 1. The fraction of sp³-hybridized carbons (Fsp3) is 0.700. The summed E-state index contributed by atoms with van der Waals surface area (Å²) in [4.78, 5) is 72.9. The summed E-state index contributed by atoms with van der Waals surface area (Å²) < 4.78 is 0. The number of nitrogens with zero attached hydrogens (tertiary/aromatic N) is 1. The van der Waals surface area contributed by atoms with E-state index in [9.17, 15) is 39.0 Å². The summed E-state index contributed by atoms with van der Waals surface area (Å²) in [6.07, 6.45) is -0.211. The third-order valence-electron chi connectivity index (χ3n) is 5.19. The lowest BCUT2D eigenvalue weighted by Gasteiger charge is -2.29. The Morgan fingerprint density at radius 3 is 2.21 bits per heavy atom. The van der Waals surface area contributed by atoms with E-state index in [4.69, 9.17) is 11.5 Å². The Morgan fingerprint density at radius 2 is 1.70 bits per heavy atom. The highest BCUT2D eigenvalue weighted by atomic mass is 16.4. The predicted molar refractivity (Wildman–Crippen MR) is 114 cm³/mol. The molecule has 1 heterocycles. The highest BCUT2D eigenvalue weighted by molar-refractivity contribution is 5.96. The third kappa shape index (κ3) is 9.04. The van der Waals surface area contributed by atoms with Gasteiger partial charge in [-0.05, 0) is 31.6 Å². The number of hydrogen-bond donors (Lipinski definition) is 6. The highest BCUT2D eigenvalue weighted by Crippen LogP contribution is 2.20. The summed E-state index contributed by atoms with van der Waals surface area (Å²) in [5, 5.41) is 23.1. The number of carbonyl (C=O) groups excluding carboxylic acids is 4. The summed E-state index contributed by atoms with van der Waals surface area (Å²) >= 11 is 0. The third-order valence-corrected chi connectivity index (χ3v) is 5.19. The van der Waals surface area contributed by atoms with Crippen LogP contribution < -0.4 is 22.1 Å². The number of aliphatic carboxylic acids is 2. The fourth-order valence-electron chi connectivity index (χ4n) is 3.58. The van der Waals surface area contributed by atoms with Crippen molar-refractivity contribution in [2.45, 2.75) is 76.5 Å². The fourth-order valence-corrected chi connectivity index (χ4v) is 3.58. The van der Waals surface area contributed by atoms with Crippen LogP contribution in [0.3, 0.4) is 0 Å². The van der Waals surface area contributed by atoms with E-state index in [0.29, 0.717) is 12.8 Å². The SMILES string of the molecule is CC(C)CC(N)C(=O)NC(CC(=O)O)C(=O)N1CCCC1C(=O)NC(CCC(N)=O)C(=O)O. The Bertz CT molecular complexity index is 772. The molecule has 8 N–H and O–H groups in total. The quantitative estimate of drug-likeness (QED) is 0.177. The van der Waals surface area contributed by atoms with Crippen LogP contribution in [-0.4, -0.2) is 81.4 Å². The van der Waals surface area contributed by atoms with Crippen molar-refractivity contribution in [2.75, 3.05) is 6.54 Å². The van der Waals surface area contributed by atoms with Crippen LogP contribution in [0.15, 0.2) is 0 Å². The first kappa shape index (κ1) is 27.8. The van der Waals surface area contributed by atoms with Crippen molar-refractivity contribution in [1.29, 1.82) is 0 Å². The molecule has 1 aliphatic rings. The smallest absolute Gasteiger partial charge is 0.326 e. The van der Waals surface area contributed by atoms with Gasteiger partial charge in [0.2, 0.25) is 23.6 Å². The molecule has 0 radical (unpaired) electrons. The van der Waals surface area contributed by atoms with E-state index in [1.807, 2.05) is 13.8 Å². The Morgan fingerprint density at radius 1 is 1.06 bits per heavy atom. The van der Waals surface area contributed by atoms with Crippen LogP contribution in [0.2, 0.25) is 0 Å². The lowest BCUT2D eigenvalue weighted by molar-refractivity contribution is -0.147. The van der Waals surface area contributed by atoms with E-state index < -0.39 is 66.2 Å². The van der Waals surface area contributed by atoms with Crippen molar-refractivity contribution in [3.63, 3.8) is 0 Å². The zero-order chi connectivity index (χ0) is 25.3. The van der Waals surface area contributed by atoms with E-state index in [1.165, 1.54) is 0 Å². The minimum Gasteiger partial charge on any atom is -0.481 e. The molecule has 1 fully saturated rings. The van der Waals surface area contributed by atoms with Crippen LogP contribution in [0.1, 0.15) is 52.4 Å². The molecular formula is C20H33N5O8. The number of amides is 4. The molecule has 0 saturated carbocycles. The van der Waals surface area contributed by atoms with Crippen molar-refractivity contribution >= 4 is 35.6 Å². The van der Waals surface area contributed by atoms with Crippen LogP contribution in [0.5, 0.6) is 0 Å². The number of carboxylic acids is 2. The largest absolute Gasteiger partial charge is 0.481 e. The van der Waals surface area contributed by atoms with Crippen LogP contribution in [0.4, 0.5) is 0 Å². The Hall–Kier alpha value is -3.22. The molecular weight excluding hydrogens is 438 g/mol. The molecule has 1 saturated heterocycles. The topological polar surface area (TPSA) is 222 Å². The van der Waals surface area contributed by atoms with Crippen LogP contribution >= 0.6 is 0 Å². The van der Waals surface area contributed by atoms with E-state index in [-0.39, 0.29) is 31.7 Å². The normalized spacial score (nSPS) is 18.3. The first-order valence-electron chi connectivity index (χ1n) is 10.7. The minimum absolute atomic E-state index is 0.0998. The van der Waals surface area contributed by atoms with Crippen LogP contribution in [0.25, 0.3) is 0 Å². The van der Waals surface area contributed by atoms with E-state index >= 15 is 0 Å². The lowest BCUT2D eigenvalue weighted by Crippen LogP contribution is -2.57. The zero-order valence-corrected chi connectivity index (χ0v) is 18.8. The number of nitrogens with two attached hydrogens (primary N) is 2. The van der Waals surface area contributed by atoms with Crippen molar-refractivity contribution in [2.24, 2.45) is 17.4 Å². The van der Waals surface area contributed by atoms with Gasteiger partial charge in [0, 0.05) is 13.0 Å². The minimum atomic E-state index is -1.44. The zero-order valence-electron chi connectivity index (χ0n) is 18.8. The average Bonchev–Trinajstić information content (AvgIpc) is 3.18. The second-order valence-electron chi connectivity index (χ2n) is 8.49. The molecule has 0 aromatic rings. The molecule has 0 spiro atoms. The number of nitrogens with one attached hydrogen (secondary N) is 2. The second kappa shape index (κ2) is 12.7. The summed E-state index contributed by atoms with van der Waals surface area (Å²) in [6.45, 7) is 3.84. The maximum atomic E-state index is 13.1. The maximum absolute atomic E-state index is 13.1. The summed E-state index contributed by atoms with van der Waals surface area (Å²) in [5.41, 5.74) is 10.8. The molecule has 33 heavy (non-hydrogen) atoms. The molecule has 1 aliphatic heterocycles. The van der Waals surface area contributed by atoms with Gasteiger partial charge in [-0.1, -0.05) is 13.8 Å². The Balaban J connectivity index is 2.94. The summed E-state index contributed by atoms with van der Waals surface area (Å²) in [7, 11) is 0. The van der Waals surface area contributed by atoms with Crippen molar-refractivity contribution < 1.29 is 39.0 Å². The van der Waals surface area contributed by atoms with Gasteiger partial charge in [-0.2, -0.15) is 0 Å². The average molecular weight is 472 g/mol. The monoisotopic (exact) mass is 471 g/mol. The second-order valence-corrected chi connectivity index (χ2v) is 8.49. The van der Waals surface area contributed by atoms with Crippen LogP contribution in [0, 0.1) is 5.92 Å². The lowest BCUT2D eigenvalue weighted by atomic mass is 10.0. The highest BCUT2D eigenvalue weighted by Gasteiger charge is 2.39. The Kier molecular flexibility index (Phi) is 10.7. The van der Waals surface area contributed by atoms with Gasteiger partial charge in [-0.25, -0.2) is 4.79 Å². The van der Waals surface area contributed by atoms with Gasteiger partial charge in [0.05, 0.1) is 12.5 Å². The molecule has 4 atom stereocenters. The summed E-state index contributed by atoms with van der Waals surface area (Å²) in [6, 6.07) is -4.81. The van der Waals surface area contributed by atoms with Crippen molar-refractivity contribution in [3.05, 3.63) is 0 Å². The summed E-state index contributed by atoms with van der Waals surface area (Å²) in [5.74, 6) is -5.53. The number of carboxylic acid groups (broad SMARTS) is 2. The molecule has 1 rings (SSSR count). The van der Waals surface area contributed by atoms with Gasteiger partial charge in [-0.3, -0.25) is 24.0 Å². The van der Waals surface area contributed by atoms with Gasteiger partial charge >= 0.3 is 11.9 Å². The van der Waals surface area contributed by atoms with Gasteiger partial charge in [-0.15, -0.1) is 0 Å².